The number of methoxy groups -OCH3 is 1. The van der Waals surface area contributed by atoms with Gasteiger partial charge in [0.15, 0.2) is 0 Å². The van der Waals surface area contributed by atoms with Crippen LogP contribution in [0.25, 0.3) is 0 Å². The summed E-state index contributed by atoms with van der Waals surface area (Å²) in [5.41, 5.74) is 0. The first-order valence-electron chi connectivity index (χ1n) is 1.69. The van der Waals surface area contributed by atoms with Crippen molar-refractivity contribution in [1.29, 1.82) is 0 Å². The summed E-state index contributed by atoms with van der Waals surface area (Å²) < 4.78 is 9.25. The molecule has 36 valence electrons. The first-order chi connectivity index (χ1) is 2.81. The molecule has 0 aromatic rings. The number of rotatable bonds is 2. The molecule has 0 bridgehead atoms. The quantitative estimate of drug-likeness (QED) is 0.294. The molecule has 0 aliphatic rings. The van der Waals surface area contributed by atoms with Gasteiger partial charge in [-0.3, -0.25) is 0 Å². The second kappa shape index (κ2) is 7.45. The van der Waals surface area contributed by atoms with Gasteiger partial charge in [0, 0.05) is 7.11 Å². The molecule has 2 radical (unpaired) electrons. The van der Waals surface area contributed by atoms with Crippen LogP contribution in [0.1, 0.15) is 8.35 Å². The first kappa shape index (κ1) is 11.3. The van der Waals surface area contributed by atoms with E-state index in [-0.39, 0.29) is 37.3 Å². The van der Waals surface area contributed by atoms with Crippen LogP contribution in [0.5, 0.6) is 0 Å². The minimum absolute atomic E-state index is 0. The van der Waals surface area contributed by atoms with Gasteiger partial charge < -0.3 is 9.95 Å². The fraction of sp³-hybridized carbons (Fsp3) is 1.00. The number of ether oxygens (including phenoxy) is 1. The molecule has 0 rings (SSSR count). The van der Waals surface area contributed by atoms with Crippen LogP contribution < -0.4 is 29.6 Å². The maximum absolute atomic E-state index is 4.66. The van der Waals surface area contributed by atoms with Crippen LogP contribution in [0.4, 0.5) is 0 Å². The normalized spacial score (nSPS) is 12.3. The zero-order valence-corrected chi connectivity index (χ0v) is 8.13. The smallest absolute Gasteiger partial charge is 1.00 e. The van der Waals surface area contributed by atoms with Crippen molar-refractivity contribution >= 4 is 16.6 Å². The average Bonchev–Trinajstić information content (AvgIpc) is 1.65. The molecule has 4 heteroatoms. The van der Waals surface area contributed by atoms with E-state index in [1.807, 2.05) is 6.92 Å². The Hall–Kier alpha value is 1.45. The van der Waals surface area contributed by atoms with Gasteiger partial charge in [0.1, 0.15) is 6.29 Å². The Labute approximate surface area is 76.1 Å². The Morgan fingerprint density at radius 2 is 2.14 bits per heavy atom. The Morgan fingerprint density at radius 1 is 1.71 bits per heavy atom. The van der Waals surface area contributed by atoms with Crippen molar-refractivity contribution in [3.8, 4) is 0 Å². The Kier molecular flexibility index (Phi) is 12.0. The van der Waals surface area contributed by atoms with Gasteiger partial charge in [-0.15, -0.1) is 0 Å². The van der Waals surface area contributed by atoms with E-state index in [0.29, 0.717) is 0 Å². The van der Waals surface area contributed by atoms with Crippen LogP contribution in [0.15, 0.2) is 0 Å². The van der Waals surface area contributed by atoms with Crippen molar-refractivity contribution in [2.75, 3.05) is 7.11 Å². The van der Waals surface area contributed by atoms with Crippen molar-refractivity contribution < 1.29 is 39.5 Å². The van der Waals surface area contributed by atoms with E-state index in [2.05, 4.69) is 25.1 Å². The maximum Gasteiger partial charge on any atom is 1.00 e. The molecule has 0 aromatic carbocycles. The fourth-order valence-electron chi connectivity index (χ4n) is 0.0556. The van der Waals surface area contributed by atoms with E-state index < -0.39 is 0 Å². The molecular weight excluding hydrogens is 118 g/mol. The molecule has 0 saturated carbocycles. The van der Waals surface area contributed by atoms with Crippen LogP contribution in [-0.2, 0) is 8.53 Å². The molecule has 0 saturated heterocycles. The molecule has 1 atom stereocenters. The molecule has 0 aliphatic carbocycles. The second-order valence-electron chi connectivity index (χ2n) is 0.939. The minimum atomic E-state index is -0.102. The standard InChI is InChI=1S/C3H7O2.Al.Na.H/c1-3(4)5-2;;;/h3H,1-2H3;;;/q-1;2*+1;-1. The predicted octanol–water partition coefficient (Wildman–Crippen LogP) is -2.80. The Balaban J connectivity index is -0.000000125. The zero-order valence-electron chi connectivity index (χ0n) is 5.97. The van der Waals surface area contributed by atoms with E-state index in [4.69, 9.17) is 0 Å². The van der Waals surface area contributed by atoms with Gasteiger partial charge in [0.2, 0.25) is 0 Å². The largest absolute Gasteiger partial charge is 1.00 e. The van der Waals surface area contributed by atoms with Crippen molar-refractivity contribution in [2.24, 2.45) is 0 Å². The van der Waals surface area contributed by atoms with Crippen LogP contribution in [0.2, 0.25) is 0 Å². The predicted molar refractivity (Wildman–Crippen MR) is 24.4 cm³/mol. The van der Waals surface area contributed by atoms with Gasteiger partial charge in [0.25, 0.3) is 0 Å². The Morgan fingerprint density at radius 3 is 2.14 bits per heavy atom. The summed E-state index contributed by atoms with van der Waals surface area (Å²) in [5.74, 6) is 0. The number of hydrogen-bond donors (Lipinski definition) is 0. The summed E-state index contributed by atoms with van der Waals surface area (Å²) in [6.45, 7) is 1.81. The minimum Gasteiger partial charge on any atom is -1.00 e. The fourth-order valence-corrected chi connectivity index (χ4v) is 0.167. The third-order valence-corrected chi connectivity index (χ3v) is 0.907. The van der Waals surface area contributed by atoms with Gasteiger partial charge in [0.05, 0.1) is 0 Å². The van der Waals surface area contributed by atoms with Crippen molar-refractivity contribution in [1.82, 2.24) is 0 Å². The van der Waals surface area contributed by atoms with Crippen molar-refractivity contribution in [3.63, 3.8) is 0 Å². The van der Waals surface area contributed by atoms with Gasteiger partial charge in [-0.2, -0.15) is 0 Å². The van der Waals surface area contributed by atoms with Gasteiger partial charge in [-0.05, 0) is 6.92 Å². The molecule has 0 N–H and O–H groups in total. The molecule has 0 amide bonds. The van der Waals surface area contributed by atoms with Crippen molar-refractivity contribution in [2.45, 2.75) is 13.2 Å². The van der Waals surface area contributed by atoms with E-state index in [0.717, 1.165) is 0 Å². The average molecular weight is 126 g/mol. The summed E-state index contributed by atoms with van der Waals surface area (Å²) in [6, 6.07) is 0. The zero-order chi connectivity index (χ0) is 4.99. The molecule has 0 fully saturated rings. The molecular formula is C3H8AlNaO2. The van der Waals surface area contributed by atoms with Gasteiger partial charge in [-0.25, -0.2) is 0 Å². The third kappa shape index (κ3) is 7.45. The van der Waals surface area contributed by atoms with Crippen LogP contribution in [-0.4, -0.2) is 30.0 Å². The summed E-state index contributed by atoms with van der Waals surface area (Å²) in [7, 11) is 1.59. The molecule has 0 heterocycles. The third-order valence-electron chi connectivity index (χ3n) is 0.524. The number of hydrogen-bond acceptors (Lipinski definition) is 2. The monoisotopic (exact) mass is 126 g/mol. The summed E-state index contributed by atoms with van der Waals surface area (Å²) in [5, 5.41) is 0. The van der Waals surface area contributed by atoms with Crippen LogP contribution >= 0.6 is 0 Å². The molecule has 1 unspecified atom stereocenters. The molecule has 2 nitrogen and oxygen atoms in total. The van der Waals surface area contributed by atoms with Crippen LogP contribution in [0, 0.1) is 0 Å². The van der Waals surface area contributed by atoms with E-state index >= 15 is 0 Å². The van der Waals surface area contributed by atoms with Crippen LogP contribution in [0.3, 0.4) is 0 Å². The molecule has 0 aromatic heterocycles. The SMILES string of the molecule is COC(C)[O][Al].[H-].[Na+]. The summed E-state index contributed by atoms with van der Waals surface area (Å²) in [6.07, 6.45) is -0.102. The first-order valence-corrected chi connectivity index (χ1v) is 2.16. The summed E-state index contributed by atoms with van der Waals surface area (Å²) >= 11 is 2.11. The van der Waals surface area contributed by atoms with Crippen molar-refractivity contribution in [3.05, 3.63) is 0 Å². The van der Waals surface area contributed by atoms with E-state index in [1.165, 1.54) is 0 Å². The van der Waals surface area contributed by atoms with E-state index in [1.54, 1.807) is 7.11 Å². The molecule has 0 aliphatic heterocycles. The Bertz CT molecular complexity index is 36.5. The molecule has 0 spiro atoms. The maximum atomic E-state index is 4.66. The molecule has 7 heavy (non-hydrogen) atoms. The summed E-state index contributed by atoms with van der Waals surface area (Å²) in [4.78, 5) is 0. The van der Waals surface area contributed by atoms with Gasteiger partial charge >= 0.3 is 46.2 Å². The second-order valence-corrected chi connectivity index (χ2v) is 1.21. The van der Waals surface area contributed by atoms with Gasteiger partial charge in [-0.1, -0.05) is 0 Å². The van der Waals surface area contributed by atoms with E-state index in [9.17, 15) is 0 Å². The topological polar surface area (TPSA) is 18.5 Å².